The summed E-state index contributed by atoms with van der Waals surface area (Å²) >= 11 is 5.87. The highest BCUT2D eigenvalue weighted by Crippen LogP contribution is 2.26. The summed E-state index contributed by atoms with van der Waals surface area (Å²) in [6, 6.07) is 6.04. The van der Waals surface area contributed by atoms with Gasteiger partial charge in [0.05, 0.1) is 0 Å². The maximum Gasteiger partial charge on any atom is 0.139 e. The van der Waals surface area contributed by atoms with Crippen molar-refractivity contribution in [2.75, 3.05) is 13.1 Å². The first-order valence-electron chi connectivity index (χ1n) is 5.69. The van der Waals surface area contributed by atoms with Crippen LogP contribution in [0.2, 0.25) is 5.15 Å². The zero-order valence-corrected chi connectivity index (χ0v) is 9.72. The van der Waals surface area contributed by atoms with Crippen LogP contribution in [0, 0.1) is 0 Å². The van der Waals surface area contributed by atoms with Crippen LogP contribution in [-0.4, -0.2) is 23.1 Å². The molecular formula is C12H14ClN3. The Bertz CT molecular complexity index is 500. The SMILES string of the molecule is Clc1ccc2cc([C@@H]3CCCNC3)[nH]c2n1. The number of aromatic amines is 1. The van der Waals surface area contributed by atoms with Crippen molar-refractivity contribution in [3.63, 3.8) is 0 Å². The minimum atomic E-state index is 0.544. The fourth-order valence-corrected chi connectivity index (χ4v) is 2.49. The molecule has 1 fully saturated rings. The van der Waals surface area contributed by atoms with E-state index >= 15 is 0 Å². The molecule has 2 aromatic heterocycles. The molecule has 0 bridgehead atoms. The van der Waals surface area contributed by atoms with E-state index in [2.05, 4.69) is 21.4 Å². The van der Waals surface area contributed by atoms with Gasteiger partial charge in [0, 0.05) is 23.5 Å². The molecule has 0 aromatic carbocycles. The topological polar surface area (TPSA) is 40.7 Å². The lowest BCUT2D eigenvalue weighted by molar-refractivity contribution is 0.456. The molecule has 3 nitrogen and oxygen atoms in total. The number of rotatable bonds is 1. The van der Waals surface area contributed by atoms with Crippen molar-refractivity contribution in [3.8, 4) is 0 Å². The zero-order valence-electron chi connectivity index (χ0n) is 8.96. The smallest absolute Gasteiger partial charge is 0.139 e. The number of hydrogen-bond acceptors (Lipinski definition) is 2. The fraction of sp³-hybridized carbons (Fsp3) is 0.417. The molecule has 1 aliphatic heterocycles. The van der Waals surface area contributed by atoms with E-state index in [0.29, 0.717) is 11.1 Å². The average molecular weight is 236 g/mol. The Morgan fingerprint density at radius 3 is 3.12 bits per heavy atom. The molecule has 2 N–H and O–H groups in total. The monoisotopic (exact) mass is 235 g/mol. The van der Waals surface area contributed by atoms with Crippen LogP contribution >= 0.6 is 11.6 Å². The van der Waals surface area contributed by atoms with Gasteiger partial charge in [0.2, 0.25) is 0 Å². The largest absolute Gasteiger partial charge is 0.343 e. The van der Waals surface area contributed by atoms with E-state index in [1.165, 1.54) is 18.5 Å². The van der Waals surface area contributed by atoms with E-state index in [-0.39, 0.29) is 0 Å². The Hall–Kier alpha value is -1.06. The molecule has 3 rings (SSSR count). The molecule has 2 aromatic rings. The lowest BCUT2D eigenvalue weighted by Crippen LogP contribution is -2.28. The van der Waals surface area contributed by atoms with Crippen LogP contribution in [0.1, 0.15) is 24.5 Å². The molecular weight excluding hydrogens is 222 g/mol. The lowest BCUT2D eigenvalue weighted by atomic mass is 9.96. The molecule has 0 radical (unpaired) electrons. The molecule has 84 valence electrons. The van der Waals surface area contributed by atoms with E-state index in [0.717, 1.165) is 24.1 Å². The van der Waals surface area contributed by atoms with Gasteiger partial charge < -0.3 is 10.3 Å². The quantitative estimate of drug-likeness (QED) is 0.747. The maximum absolute atomic E-state index is 5.87. The van der Waals surface area contributed by atoms with E-state index in [9.17, 15) is 0 Å². The predicted octanol–water partition coefficient (Wildman–Crippen LogP) is 2.68. The molecule has 0 unspecified atom stereocenters. The minimum absolute atomic E-state index is 0.544. The van der Waals surface area contributed by atoms with Gasteiger partial charge in [-0.25, -0.2) is 4.98 Å². The number of aromatic nitrogens is 2. The van der Waals surface area contributed by atoms with Crippen LogP contribution in [0.25, 0.3) is 11.0 Å². The molecule has 3 heterocycles. The van der Waals surface area contributed by atoms with Crippen LogP contribution in [0.3, 0.4) is 0 Å². The fourth-order valence-electron chi connectivity index (χ4n) is 2.34. The summed E-state index contributed by atoms with van der Waals surface area (Å²) in [4.78, 5) is 7.65. The van der Waals surface area contributed by atoms with E-state index in [1.54, 1.807) is 0 Å². The molecule has 1 aliphatic rings. The van der Waals surface area contributed by atoms with Crippen molar-refractivity contribution in [2.45, 2.75) is 18.8 Å². The van der Waals surface area contributed by atoms with Crippen molar-refractivity contribution in [1.29, 1.82) is 0 Å². The van der Waals surface area contributed by atoms with Gasteiger partial charge in [0.25, 0.3) is 0 Å². The third-order valence-electron chi connectivity index (χ3n) is 3.20. The van der Waals surface area contributed by atoms with Gasteiger partial charge in [-0.15, -0.1) is 0 Å². The van der Waals surface area contributed by atoms with Crippen LogP contribution < -0.4 is 5.32 Å². The Balaban J connectivity index is 1.97. The molecule has 0 amide bonds. The number of nitrogens with zero attached hydrogens (tertiary/aromatic N) is 1. The first-order chi connectivity index (χ1) is 7.83. The zero-order chi connectivity index (χ0) is 11.0. The number of hydrogen-bond donors (Lipinski definition) is 2. The highest BCUT2D eigenvalue weighted by molar-refractivity contribution is 6.29. The molecule has 4 heteroatoms. The number of nitrogens with one attached hydrogen (secondary N) is 2. The van der Waals surface area contributed by atoms with Gasteiger partial charge in [0.15, 0.2) is 0 Å². The number of H-pyrrole nitrogens is 1. The van der Waals surface area contributed by atoms with Crippen molar-refractivity contribution in [3.05, 3.63) is 29.0 Å². The van der Waals surface area contributed by atoms with Crippen LogP contribution in [-0.2, 0) is 0 Å². The van der Waals surface area contributed by atoms with Crippen LogP contribution in [0.5, 0.6) is 0 Å². The normalized spacial score (nSPS) is 21.4. The van der Waals surface area contributed by atoms with E-state index in [1.807, 2.05) is 12.1 Å². The van der Waals surface area contributed by atoms with Gasteiger partial charge in [-0.2, -0.15) is 0 Å². The maximum atomic E-state index is 5.87. The Kier molecular flexibility index (Phi) is 2.58. The predicted molar refractivity (Wildman–Crippen MR) is 65.9 cm³/mol. The van der Waals surface area contributed by atoms with Crippen LogP contribution in [0.4, 0.5) is 0 Å². The highest BCUT2D eigenvalue weighted by Gasteiger charge is 2.17. The number of halogens is 1. The van der Waals surface area contributed by atoms with Crippen molar-refractivity contribution >= 4 is 22.6 Å². The van der Waals surface area contributed by atoms with Gasteiger partial charge in [-0.3, -0.25) is 0 Å². The summed E-state index contributed by atoms with van der Waals surface area (Å²) in [7, 11) is 0. The summed E-state index contributed by atoms with van der Waals surface area (Å²) in [6.07, 6.45) is 2.49. The van der Waals surface area contributed by atoms with Crippen molar-refractivity contribution in [1.82, 2.24) is 15.3 Å². The summed E-state index contributed by atoms with van der Waals surface area (Å²) in [6.45, 7) is 2.20. The molecule has 1 saturated heterocycles. The summed E-state index contributed by atoms with van der Waals surface area (Å²) in [5, 5.41) is 5.11. The highest BCUT2D eigenvalue weighted by atomic mass is 35.5. The Morgan fingerprint density at radius 2 is 2.31 bits per heavy atom. The summed E-state index contributed by atoms with van der Waals surface area (Å²) in [5.41, 5.74) is 2.17. The average Bonchev–Trinajstić information content (AvgIpc) is 2.73. The third-order valence-corrected chi connectivity index (χ3v) is 3.41. The number of piperidine rings is 1. The molecule has 0 saturated carbocycles. The second kappa shape index (κ2) is 4.07. The van der Waals surface area contributed by atoms with Crippen LogP contribution in [0.15, 0.2) is 18.2 Å². The summed E-state index contributed by atoms with van der Waals surface area (Å²) in [5.74, 6) is 0.585. The van der Waals surface area contributed by atoms with Gasteiger partial charge in [-0.05, 0) is 37.6 Å². The lowest BCUT2D eigenvalue weighted by Gasteiger charge is -2.21. The summed E-state index contributed by atoms with van der Waals surface area (Å²) < 4.78 is 0. The first-order valence-corrected chi connectivity index (χ1v) is 6.06. The molecule has 16 heavy (non-hydrogen) atoms. The first kappa shape index (κ1) is 10.1. The minimum Gasteiger partial charge on any atom is -0.343 e. The van der Waals surface area contributed by atoms with E-state index < -0.39 is 0 Å². The van der Waals surface area contributed by atoms with E-state index in [4.69, 9.17) is 11.6 Å². The van der Waals surface area contributed by atoms with Gasteiger partial charge in [0.1, 0.15) is 10.8 Å². The Morgan fingerprint density at radius 1 is 1.38 bits per heavy atom. The molecule has 0 spiro atoms. The van der Waals surface area contributed by atoms with Crippen molar-refractivity contribution < 1.29 is 0 Å². The third kappa shape index (κ3) is 1.81. The molecule has 1 atom stereocenters. The Labute approximate surface area is 99.2 Å². The number of pyridine rings is 1. The second-order valence-corrected chi connectivity index (χ2v) is 4.73. The standard InChI is InChI=1S/C12H14ClN3/c13-11-4-3-8-6-10(15-12(8)16-11)9-2-1-5-14-7-9/h3-4,6,9,14H,1-2,5,7H2,(H,15,16)/t9-/m1/s1. The number of fused-ring (bicyclic) bond motifs is 1. The second-order valence-electron chi connectivity index (χ2n) is 4.34. The molecule has 0 aliphatic carbocycles. The van der Waals surface area contributed by atoms with Gasteiger partial charge >= 0.3 is 0 Å². The van der Waals surface area contributed by atoms with Gasteiger partial charge in [-0.1, -0.05) is 11.6 Å². The van der Waals surface area contributed by atoms with Crippen molar-refractivity contribution in [2.24, 2.45) is 0 Å².